The molecule has 1 amide bonds. The van der Waals surface area contributed by atoms with Crippen LogP contribution >= 0.6 is 0 Å². The zero-order valence-corrected chi connectivity index (χ0v) is 18.7. The maximum atomic E-state index is 13.2. The molecule has 2 heterocycles. The molecule has 3 aromatic rings. The van der Waals surface area contributed by atoms with Crippen LogP contribution in [-0.2, 0) is 13.0 Å². The number of pyridine rings is 1. The van der Waals surface area contributed by atoms with Gasteiger partial charge in [0.15, 0.2) is 5.65 Å². The van der Waals surface area contributed by atoms with Gasteiger partial charge in [-0.2, -0.15) is 0 Å². The fourth-order valence-electron chi connectivity index (χ4n) is 3.37. The molecule has 0 bridgehead atoms. The Hall–Kier alpha value is -3.26. The number of carbonyl (C=O) groups excluding carboxylic acids is 1. The number of carbonyl (C=O) groups is 1. The normalized spacial score (nSPS) is 11.5. The first-order valence-corrected chi connectivity index (χ1v) is 10.4. The highest BCUT2D eigenvalue weighted by Crippen LogP contribution is 2.21. The molecular weight excluding hydrogens is 394 g/mol. The third kappa shape index (κ3) is 4.91. The van der Waals surface area contributed by atoms with Gasteiger partial charge in [0.05, 0.1) is 10.9 Å². The second-order valence-electron chi connectivity index (χ2n) is 8.16. The Balaban J connectivity index is 2.02. The maximum absolute atomic E-state index is 13.2. The highest BCUT2D eigenvalue weighted by molar-refractivity contribution is 6.11. The molecule has 2 aromatic heterocycles. The van der Waals surface area contributed by atoms with Crippen LogP contribution in [0, 0.1) is 0 Å². The van der Waals surface area contributed by atoms with Crippen molar-refractivity contribution in [3.8, 4) is 0 Å². The van der Waals surface area contributed by atoms with Crippen molar-refractivity contribution in [2.45, 2.75) is 39.7 Å². The van der Waals surface area contributed by atoms with Crippen molar-refractivity contribution in [2.24, 2.45) is 0 Å². The lowest BCUT2D eigenvalue weighted by Crippen LogP contribution is -2.32. The number of hydrogen-bond acceptors (Lipinski definition) is 5. The molecule has 164 valence electrons. The largest absolute Gasteiger partial charge is 0.329 e. The van der Waals surface area contributed by atoms with Crippen LogP contribution in [0.3, 0.4) is 0 Å². The number of amides is 1. The number of H-pyrrole nitrogens is 1. The molecule has 0 unspecified atom stereocenters. The van der Waals surface area contributed by atoms with Crippen molar-refractivity contribution in [3.05, 3.63) is 68.0 Å². The van der Waals surface area contributed by atoms with E-state index in [4.69, 9.17) is 0 Å². The first-order valence-electron chi connectivity index (χ1n) is 10.4. The van der Waals surface area contributed by atoms with Gasteiger partial charge in [0.2, 0.25) is 0 Å². The van der Waals surface area contributed by atoms with Gasteiger partial charge in [-0.1, -0.05) is 26.0 Å². The molecule has 1 aromatic carbocycles. The first kappa shape index (κ1) is 22.4. The molecule has 0 saturated heterocycles. The number of fused-ring (bicyclic) bond motifs is 1. The topological polar surface area (TPSA) is 100 Å². The molecular formula is C23H29N5O3. The molecule has 31 heavy (non-hydrogen) atoms. The highest BCUT2D eigenvalue weighted by Gasteiger charge is 2.20. The van der Waals surface area contributed by atoms with Crippen molar-refractivity contribution in [1.82, 2.24) is 19.4 Å². The summed E-state index contributed by atoms with van der Waals surface area (Å²) in [5.41, 5.74) is 1.73. The van der Waals surface area contributed by atoms with Crippen LogP contribution < -0.4 is 16.6 Å². The lowest BCUT2D eigenvalue weighted by molar-refractivity contribution is 0.102. The van der Waals surface area contributed by atoms with Gasteiger partial charge in [0, 0.05) is 24.5 Å². The summed E-state index contributed by atoms with van der Waals surface area (Å²) in [7, 11) is 4.05. The summed E-state index contributed by atoms with van der Waals surface area (Å²) < 4.78 is 1.37. The summed E-state index contributed by atoms with van der Waals surface area (Å²) in [5.74, 6) is -0.395. The van der Waals surface area contributed by atoms with E-state index in [0.29, 0.717) is 17.9 Å². The summed E-state index contributed by atoms with van der Waals surface area (Å²) in [6.07, 6.45) is 0.915. The third-order valence-electron chi connectivity index (χ3n) is 5.18. The summed E-state index contributed by atoms with van der Waals surface area (Å²) in [6.45, 7) is 6.96. The van der Waals surface area contributed by atoms with Gasteiger partial charge in [0.1, 0.15) is 0 Å². The van der Waals surface area contributed by atoms with Gasteiger partial charge < -0.3 is 10.2 Å². The Bertz CT molecular complexity index is 1210. The van der Waals surface area contributed by atoms with E-state index in [1.165, 1.54) is 10.1 Å². The quantitative estimate of drug-likeness (QED) is 0.608. The van der Waals surface area contributed by atoms with E-state index in [9.17, 15) is 14.4 Å². The lowest BCUT2D eigenvalue weighted by atomic mass is 10.0. The van der Waals surface area contributed by atoms with E-state index >= 15 is 0 Å². The fourth-order valence-corrected chi connectivity index (χ4v) is 3.37. The van der Waals surface area contributed by atoms with Crippen molar-refractivity contribution < 1.29 is 4.79 Å². The minimum absolute atomic E-state index is 0.0200. The molecule has 0 aliphatic rings. The second kappa shape index (κ2) is 9.26. The summed E-state index contributed by atoms with van der Waals surface area (Å²) in [5, 5.41) is 2.99. The van der Waals surface area contributed by atoms with E-state index in [2.05, 4.69) is 20.2 Å². The average Bonchev–Trinajstić information content (AvgIpc) is 2.72. The zero-order chi connectivity index (χ0) is 22.7. The van der Waals surface area contributed by atoms with Crippen molar-refractivity contribution in [1.29, 1.82) is 0 Å². The van der Waals surface area contributed by atoms with Crippen LogP contribution in [0.5, 0.6) is 0 Å². The summed E-state index contributed by atoms with van der Waals surface area (Å²) >= 11 is 0. The molecule has 2 N–H and O–H groups in total. The molecule has 0 spiro atoms. The van der Waals surface area contributed by atoms with E-state index in [1.54, 1.807) is 13.0 Å². The Morgan fingerprint density at radius 1 is 1.19 bits per heavy atom. The smallest absolute Gasteiger partial charge is 0.322 e. The van der Waals surface area contributed by atoms with Gasteiger partial charge in [-0.15, -0.1) is 0 Å². The van der Waals surface area contributed by atoms with E-state index in [0.717, 1.165) is 13.0 Å². The summed E-state index contributed by atoms with van der Waals surface area (Å²) in [4.78, 5) is 46.9. The predicted octanol–water partition coefficient (Wildman–Crippen LogP) is 2.58. The van der Waals surface area contributed by atoms with Crippen LogP contribution in [0.4, 0.5) is 5.69 Å². The Morgan fingerprint density at radius 3 is 2.45 bits per heavy atom. The Labute approximate surface area is 180 Å². The number of aromatic amines is 1. The number of aromatic nitrogens is 3. The van der Waals surface area contributed by atoms with Gasteiger partial charge in [0.25, 0.3) is 11.5 Å². The Kier molecular flexibility index (Phi) is 6.70. The molecule has 0 radical (unpaired) electrons. The number of hydrogen-bond donors (Lipinski definition) is 2. The van der Waals surface area contributed by atoms with E-state index in [1.807, 2.05) is 52.2 Å². The van der Waals surface area contributed by atoms with Crippen LogP contribution in [-0.4, -0.2) is 46.0 Å². The number of nitrogens with one attached hydrogen (secondary N) is 2. The van der Waals surface area contributed by atoms with E-state index < -0.39 is 17.2 Å². The van der Waals surface area contributed by atoms with Crippen molar-refractivity contribution >= 4 is 22.6 Å². The molecule has 0 atom stereocenters. The highest BCUT2D eigenvalue weighted by atomic mass is 16.2. The second-order valence-corrected chi connectivity index (χ2v) is 8.16. The molecule has 3 rings (SSSR count). The summed E-state index contributed by atoms with van der Waals surface area (Å²) in [6, 6.07) is 9.28. The monoisotopic (exact) mass is 423 g/mol. The minimum atomic E-state index is -0.614. The van der Waals surface area contributed by atoms with Crippen molar-refractivity contribution in [3.63, 3.8) is 0 Å². The van der Waals surface area contributed by atoms with Gasteiger partial charge in [-0.05, 0) is 57.1 Å². The number of aryl methyl sites for hydroxylation is 1. The Morgan fingerprint density at radius 2 is 1.87 bits per heavy atom. The fraction of sp³-hybridized carbons (Fsp3) is 0.391. The molecule has 0 aliphatic carbocycles. The molecule has 0 aliphatic heterocycles. The molecule has 0 saturated carbocycles. The number of rotatable bonds is 7. The molecule has 0 fully saturated rings. The van der Waals surface area contributed by atoms with Crippen LogP contribution in [0.25, 0.3) is 11.0 Å². The predicted molar refractivity (Wildman–Crippen MR) is 123 cm³/mol. The zero-order valence-electron chi connectivity index (χ0n) is 18.7. The van der Waals surface area contributed by atoms with Gasteiger partial charge in [-0.25, -0.2) is 9.78 Å². The van der Waals surface area contributed by atoms with Crippen LogP contribution in [0.2, 0.25) is 0 Å². The number of nitrogens with zero attached hydrogens (tertiary/aromatic N) is 3. The maximum Gasteiger partial charge on any atom is 0.329 e. The van der Waals surface area contributed by atoms with Crippen LogP contribution in [0.1, 0.15) is 48.3 Å². The van der Waals surface area contributed by atoms with Crippen molar-refractivity contribution in [2.75, 3.05) is 26.0 Å². The van der Waals surface area contributed by atoms with E-state index in [-0.39, 0.29) is 22.5 Å². The third-order valence-corrected chi connectivity index (χ3v) is 5.18. The molecule has 8 heteroatoms. The number of benzene rings is 1. The molecule has 8 nitrogen and oxygen atoms in total. The van der Waals surface area contributed by atoms with Gasteiger partial charge in [-0.3, -0.25) is 19.1 Å². The van der Waals surface area contributed by atoms with Gasteiger partial charge >= 0.3 is 5.69 Å². The lowest BCUT2D eigenvalue weighted by Gasteiger charge is -2.14. The average molecular weight is 424 g/mol. The minimum Gasteiger partial charge on any atom is -0.322 e. The SMILES string of the molecule is CCn1c(=O)[nH]c(=O)c2c(C(=O)Nc3ccc(CCN(C)C)cc3)cc(C(C)C)nc21. The standard InChI is InChI=1S/C23H29N5O3/c1-6-28-20-19(22(30)26-23(28)31)17(13-18(25-20)14(2)3)21(29)24-16-9-7-15(8-10-16)11-12-27(4)5/h7-10,13-14H,6,11-12H2,1-5H3,(H,24,29)(H,26,30,31). The van der Waals surface area contributed by atoms with Crippen LogP contribution in [0.15, 0.2) is 39.9 Å². The number of likely N-dealkylation sites (N-methyl/N-ethyl adjacent to an activating group) is 1. The first-order chi connectivity index (χ1) is 14.7. The number of anilines is 1.